The predicted octanol–water partition coefficient (Wildman–Crippen LogP) is 2.98. The van der Waals surface area contributed by atoms with Gasteiger partial charge in [-0.05, 0) is 29.7 Å². The van der Waals surface area contributed by atoms with Crippen molar-refractivity contribution >= 4 is 32.1 Å². The van der Waals surface area contributed by atoms with Crippen LogP contribution in [0.15, 0.2) is 24.3 Å². The third-order valence-electron chi connectivity index (χ3n) is 2.05. The fourth-order valence-corrected chi connectivity index (χ4v) is 2.22. The Labute approximate surface area is 81.6 Å². The minimum atomic E-state index is 1.16. The van der Waals surface area contributed by atoms with Crippen LogP contribution in [0, 0.1) is 0 Å². The van der Waals surface area contributed by atoms with Crippen LogP contribution >= 0.6 is 11.3 Å². The van der Waals surface area contributed by atoms with Gasteiger partial charge in [0.2, 0.25) is 0 Å². The molecule has 0 atom stereocenters. The number of nitrogens with one attached hydrogen (secondary N) is 2. The number of rotatable bonds is 2. The summed E-state index contributed by atoms with van der Waals surface area (Å²) in [7, 11) is 3.89. The SMILES string of the molecule is CNc1ccc2sc(NC)cc2c1. The summed E-state index contributed by atoms with van der Waals surface area (Å²) < 4.78 is 1.32. The van der Waals surface area contributed by atoms with Gasteiger partial charge in [0.1, 0.15) is 0 Å². The van der Waals surface area contributed by atoms with Gasteiger partial charge in [-0.1, -0.05) is 0 Å². The third-order valence-corrected chi connectivity index (χ3v) is 3.18. The number of benzene rings is 1. The second kappa shape index (κ2) is 3.26. The van der Waals surface area contributed by atoms with Crippen LogP contribution in [0.3, 0.4) is 0 Å². The van der Waals surface area contributed by atoms with Crippen LogP contribution in [0.5, 0.6) is 0 Å². The third kappa shape index (κ3) is 1.47. The number of hydrogen-bond donors (Lipinski definition) is 2. The van der Waals surface area contributed by atoms with E-state index in [1.54, 1.807) is 11.3 Å². The molecule has 0 radical (unpaired) electrons. The molecule has 0 spiro atoms. The molecule has 1 aromatic heterocycles. The van der Waals surface area contributed by atoms with Gasteiger partial charge < -0.3 is 10.6 Å². The predicted molar refractivity (Wildman–Crippen MR) is 60.9 cm³/mol. The van der Waals surface area contributed by atoms with E-state index in [1.165, 1.54) is 15.1 Å². The van der Waals surface area contributed by atoms with E-state index >= 15 is 0 Å². The first-order chi connectivity index (χ1) is 6.33. The lowest BCUT2D eigenvalue weighted by Crippen LogP contribution is -1.85. The molecule has 0 saturated heterocycles. The van der Waals surface area contributed by atoms with Gasteiger partial charge in [0.25, 0.3) is 0 Å². The van der Waals surface area contributed by atoms with Gasteiger partial charge in [-0.25, -0.2) is 0 Å². The van der Waals surface area contributed by atoms with Crippen molar-refractivity contribution in [2.24, 2.45) is 0 Å². The van der Waals surface area contributed by atoms with Crippen molar-refractivity contribution in [1.29, 1.82) is 0 Å². The van der Waals surface area contributed by atoms with Crippen molar-refractivity contribution in [3.63, 3.8) is 0 Å². The highest BCUT2D eigenvalue weighted by molar-refractivity contribution is 7.22. The van der Waals surface area contributed by atoms with Crippen molar-refractivity contribution in [2.45, 2.75) is 0 Å². The molecule has 0 saturated carbocycles. The maximum atomic E-state index is 3.15. The Kier molecular flexibility index (Phi) is 2.10. The zero-order valence-electron chi connectivity index (χ0n) is 7.72. The number of anilines is 2. The maximum absolute atomic E-state index is 3.15. The van der Waals surface area contributed by atoms with E-state index in [0.29, 0.717) is 0 Å². The first-order valence-corrected chi connectivity index (χ1v) is 5.04. The summed E-state index contributed by atoms with van der Waals surface area (Å²) in [4.78, 5) is 0. The molecule has 0 aliphatic carbocycles. The maximum Gasteiger partial charge on any atom is 0.0892 e. The molecule has 1 aromatic carbocycles. The summed E-state index contributed by atoms with van der Waals surface area (Å²) in [5.41, 5.74) is 1.16. The Balaban J connectivity index is 2.57. The lowest BCUT2D eigenvalue weighted by molar-refractivity contribution is 1.54. The molecule has 0 aliphatic heterocycles. The standard InChI is InChI=1S/C10H12N2S/c1-11-8-3-4-9-7(5-8)6-10(12-2)13-9/h3-6,11-12H,1-2H3. The van der Waals surface area contributed by atoms with Gasteiger partial charge in [0.15, 0.2) is 0 Å². The summed E-state index contributed by atoms with van der Waals surface area (Å²) in [6, 6.07) is 8.57. The van der Waals surface area contributed by atoms with Gasteiger partial charge in [-0.15, -0.1) is 11.3 Å². The topological polar surface area (TPSA) is 24.1 Å². The molecule has 2 rings (SSSR count). The molecule has 0 bridgehead atoms. The van der Waals surface area contributed by atoms with E-state index in [9.17, 15) is 0 Å². The van der Waals surface area contributed by atoms with Crippen molar-refractivity contribution in [3.05, 3.63) is 24.3 Å². The zero-order chi connectivity index (χ0) is 9.26. The highest BCUT2D eigenvalue weighted by atomic mass is 32.1. The Hall–Kier alpha value is -1.22. The normalized spacial score (nSPS) is 10.3. The van der Waals surface area contributed by atoms with Crippen molar-refractivity contribution in [1.82, 2.24) is 0 Å². The van der Waals surface area contributed by atoms with E-state index in [0.717, 1.165) is 5.69 Å². The Morgan fingerprint density at radius 2 is 1.92 bits per heavy atom. The van der Waals surface area contributed by atoms with Crippen LogP contribution in [-0.4, -0.2) is 14.1 Å². The minimum absolute atomic E-state index is 1.16. The summed E-state index contributed by atoms with van der Waals surface area (Å²) in [6.07, 6.45) is 0. The van der Waals surface area contributed by atoms with E-state index in [-0.39, 0.29) is 0 Å². The molecule has 0 amide bonds. The zero-order valence-corrected chi connectivity index (χ0v) is 8.53. The quantitative estimate of drug-likeness (QED) is 0.764. The number of thiophene rings is 1. The number of fused-ring (bicyclic) bond motifs is 1. The molecule has 3 heteroatoms. The van der Waals surface area contributed by atoms with E-state index < -0.39 is 0 Å². The fraction of sp³-hybridized carbons (Fsp3) is 0.200. The molecule has 0 fully saturated rings. The van der Waals surface area contributed by atoms with Crippen LogP contribution < -0.4 is 10.6 Å². The van der Waals surface area contributed by atoms with Gasteiger partial charge in [0.05, 0.1) is 5.00 Å². The van der Waals surface area contributed by atoms with Crippen LogP contribution in [0.2, 0.25) is 0 Å². The summed E-state index contributed by atoms with van der Waals surface area (Å²) in [5, 5.41) is 8.79. The molecule has 1 heterocycles. The van der Waals surface area contributed by atoms with Crippen molar-refractivity contribution in [3.8, 4) is 0 Å². The minimum Gasteiger partial charge on any atom is -0.388 e. The second-order valence-corrected chi connectivity index (χ2v) is 3.95. The summed E-state index contributed by atoms with van der Waals surface area (Å²) in [5.74, 6) is 0. The second-order valence-electron chi connectivity index (χ2n) is 2.86. The lowest BCUT2D eigenvalue weighted by atomic mass is 10.2. The highest BCUT2D eigenvalue weighted by Gasteiger charge is 1.99. The molecular weight excluding hydrogens is 180 g/mol. The average molecular weight is 192 g/mol. The highest BCUT2D eigenvalue weighted by Crippen LogP contribution is 2.30. The largest absolute Gasteiger partial charge is 0.388 e. The fourth-order valence-electron chi connectivity index (χ4n) is 1.32. The van der Waals surface area contributed by atoms with Crippen LogP contribution in [-0.2, 0) is 0 Å². The molecule has 2 aromatic rings. The van der Waals surface area contributed by atoms with Crippen molar-refractivity contribution < 1.29 is 0 Å². The summed E-state index contributed by atoms with van der Waals surface area (Å²) in [6.45, 7) is 0. The van der Waals surface area contributed by atoms with Crippen LogP contribution in [0.25, 0.3) is 10.1 Å². The van der Waals surface area contributed by atoms with Crippen molar-refractivity contribution in [2.75, 3.05) is 24.7 Å². The summed E-state index contributed by atoms with van der Waals surface area (Å²) >= 11 is 1.78. The lowest BCUT2D eigenvalue weighted by Gasteiger charge is -1.97. The molecular formula is C10H12N2S. The molecule has 68 valence electrons. The van der Waals surface area contributed by atoms with Gasteiger partial charge in [0, 0.05) is 24.5 Å². The van der Waals surface area contributed by atoms with Crippen LogP contribution in [0.4, 0.5) is 10.7 Å². The molecule has 13 heavy (non-hydrogen) atoms. The van der Waals surface area contributed by atoms with Gasteiger partial charge in [-0.2, -0.15) is 0 Å². The average Bonchev–Trinajstić information content (AvgIpc) is 2.58. The Morgan fingerprint density at radius 3 is 2.62 bits per heavy atom. The number of hydrogen-bond acceptors (Lipinski definition) is 3. The first-order valence-electron chi connectivity index (χ1n) is 4.22. The Bertz CT molecular complexity index is 418. The molecule has 2 N–H and O–H groups in total. The molecule has 0 aliphatic rings. The molecule has 2 nitrogen and oxygen atoms in total. The van der Waals surface area contributed by atoms with Crippen LogP contribution in [0.1, 0.15) is 0 Å². The van der Waals surface area contributed by atoms with Gasteiger partial charge >= 0.3 is 0 Å². The van der Waals surface area contributed by atoms with E-state index in [4.69, 9.17) is 0 Å². The molecule has 0 unspecified atom stereocenters. The van der Waals surface area contributed by atoms with Gasteiger partial charge in [-0.3, -0.25) is 0 Å². The smallest absolute Gasteiger partial charge is 0.0892 e. The monoisotopic (exact) mass is 192 g/mol. The van der Waals surface area contributed by atoms with E-state index in [1.807, 2.05) is 14.1 Å². The Morgan fingerprint density at radius 1 is 1.08 bits per heavy atom. The first kappa shape index (κ1) is 8.38. The van der Waals surface area contributed by atoms with E-state index in [2.05, 4.69) is 34.9 Å².